The third kappa shape index (κ3) is 5.03. The molecule has 4 aromatic heterocycles. The van der Waals surface area contributed by atoms with E-state index in [-0.39, 0.29) is 12.0 Å². The lowest BCUT2D eigenvalue weighted by molar-refractivity contribution is 0.131. The molecule has 2 N–H and O–H groups in total. The molecule has 0 radical (unpaired) electrons. The largest absolute Gasteiger partial charge is 0.467 e. The number of aromatic nitrogens is 5. The molecule has 12 heteroatoms. The summed E-state index contributed by atoms with van der Waals surface area (Å²) in [6, 6.07) is 8.43. The second kappa shape index (κ2) is 10.4. The second-order valence-corrected chi connectivity index (χ2v) is 11.1. The number of anilines is 2. The van der Waals surface area contributed by atoms with Crippen LogP contribution < -0.4 is 19.9 Å². The summed E-state index contributed by atoms with van der Waals surface area (Å²) < 4.78 is 11.8. The van der Waals surface area contributed by atoms with Crippen LogP contribution in [0.15, 0.2) is 35.0 Å². The quantitative estimate of drug-likeness (QED) is 0.360. The Balaban J connectivity index is 1.08. The van der Waals surface area contributed by atoms with Crippen LogP contribution in [0.5, 0.6) is 5.19 Å². The van der Waals surface area contributed by atoms with E-state index in [2.05, 4.69) is 51.1 Å². The van der Waals surface area contributed by atoms with Gasteiger partial charge in [-0.1, -0.05) is 30.3 Å². The molecule has 0 aromatic carbocycles. The Hall–Kier alpha value is -3.35. The van der Waals surface area contributed by atoms with E-state index in [1.165, 1.54) is 11.3 Å². The normalized spacial score (nSPS) is 19.6. The molecular weight excluding hydrogens is 504 g/mol. The highest BCUT2D eigenvalue weighted by Gasteiger charge is 2.28. The summed E-state index contributed by atoms with van der Waals surface area (Å²) in [5, 5.41) is 17.7. The maximum Gasteiger partial charge on any atom is 0.324 e. The molecule has 2 atom stereocenters. The molecule has 11 nitrogen and oxygen atoms in total. The highest BCUT2D eigenvalue weighted by Crippen LogP contribution is 2.32. The SMILES string of the molecule is CC(C)c1noc(N2CCC(C(C)Oc3nc4ccc(-c5ccc(N6CCNC6O)nc5)nc4s3)CC2)n1. The summed E-state index contributed by atoms with van der Waals surface area (Å²) in [4.78, 5) is 23.4. The van der Waals surface area contributed by atoms with Crippen molar-refractivity contribution < 1.29 is 14.4 Å². The zero-order valence-corrected chi connectivity index (χ0v) is 22.6. The molecule has 6 heterocycles. The lowest BCUT2D eigenvalue weighted by atomic mass is 9.92. The molecular formula is C26H32N8O3S. The maximum atomic E-state index is 10.0. The van der Waals surface area contributed by atoms with Gasteiger partial charge in [0.25, 0.3) is 5.19 Å². The highest BCUT2D eigenvalue weighted by atomic mass is 32.1. The van der Waals surface area contributed by atoms with E-state index in [4.69, 9.17) is 14.2 Å². The van der Waals surface area contributed by atoms with E-state index in [0.29, 0.717) is 17.1 Å². The van der Waals surface area contributed by atoms with Crippen LogP contribution in [0.1, 0.15) is 45.4 Å². The zero-order chi connectivity index (χ0) is 26.2. The van der Waals surface area contributed by atoms with Crippen LogP contribution in [-0.2, 0) is 0 Å². The van der Waals surface area contributed by atoms with Crippen molar-refractivity contribution in [2.45, 2.75) is 52.0 Å². The number of piperidine rings is 1. The average molecular weight is 537 g/mol. The third-order valence-corrected chi connectivity index (χ3v) is 8.11. The molecule has 4 aromatic rings. The number of nitrogens with one attached hydrogen (secondary N) is 1. The summed E-state index contributed by atoms with van der Waals surface area (Å²) in [6.07, 6.45) is 3.11. The number of hydrogen-bond acceptors (Lipinski definition) is 12. The molecule has 0 aliphatic carbocycles. The number of ether oxygens (including phenoxy) is 1. The van der Waals surface area contributed by atoms with E-state index >= 15 is 0 Å². The minimum Gasteiger partial charge on any atom is -0.467 e. The standard InChI is InChI=1S/C26H32N8O3S/c1-15(2)22-31-25(37-32-22)33-11-8-17(9-12-33)16(3)36-26-30-20-6-5-19(29-23(20)38-26)18-4-7-21(28-14-18)34-13-10-27-24(34)35/h4-7,14-17,24,27,35H,8-13H2,1-3H3. The number of hydrogen-bond donors (Lipinski definition) is 2. The first kappa shape index (κ1) is 25.0. The van der Waals surface area contributed by atoms with Gasteiger partial charge in [0, 0.05) is 43.9 Å². The predicted octanol–water partition coefficient (Wildman–Crippen LogP) is 3.63. The van der Waals surface area contributed by atoms with Gasteiger partial charge in [-0.3, -0.25) is 5.32 Å². The summed E-state index contributed by atoms with van der Waals surface area (Å²) in [6.45, 7) is 9.42. The van der Waals surface area contributed by atoms with Crippen LogP contribution in [0.2, 0.25) is 0 Å². The molecule has 2 saturated heterocycles. The van der Waals surface area contributed by atoms with Crippen molar-refractivity contribution in [1.82, 2.24) is 30.4 Å². The van der Waals surface area contributed by atoms with Gasteiger partial charge in [-0.2, -0.15) is 4.98 Å². The smallest absolute Gasteiger partial charge is 0.324 e. The monoisotopic (exact) mass is 536 g/mol. The van der Waals surface area contributed by atoms with Gasteiger partial charge in [0.15, 0.2) is 12.2 Å². The van der Waals surface area contributed by atoms with Gasteiger partial charge in [-0.05, 0) is 49.9 Å². The summed E-state index contributed by atoms with van der Waals surface area (Å²) >= 11 is 1.47. The predicted molar refractivity (Wildman–Crippen MR) is 145 cm³/mol. The van der Waals surface area contributed by atoms with Crippen LogP contribution in [0.3, 0.4) is 0 Å². The van der Waals surface area contributed by atoms with Crippen molar-refractivity contribution in [1.29, 1.82) is 0 Å². The molecule has 2 aliphatic rings. The van der Waals surface area contributed by atoms with Crippen molar-refractivity contribution >= 4 is 33.5 Å². The summed E-state index contributed by atoms with van der Waals surface area (Å²) in [5.74, 6) is 2.16. The minimum atomic E-state index is -0.698. The number of pyridine rings is 2. The molecule has 2 aliphatic heterocycles. The molecule has 0 bridgehead atoms. The Bertz CT molecular complexity index is 1380. The first-order chi connectivity index (χ1) is 18.4. The average Bonchev–Trinajstić information content (AvgIpc) is 3.68. The van der Waals surface area contributed by atoms with Crippen LogP contribution in [-0.4, -0.2) is 68.8 Å². The molecule has 0 amide bonds. The topological polar surface area (TPSA) is 126 Å². The Morgan fingerprint density at radius 2 is 1.92 bits per heavy atom. The number of aliphatic hydroxyl groups is 1. The Morgan fingerprint density at radius 1 is 1.08 bits per heavy atom. The fraction of sp³-hybridized carbons (Fsp3) is 0.500. The number of nitrogens with zero attached hydrogens (tertiary/aromatic N) is 7. The van der Waals surface area contributed by atoms with Crippen molar-refractivity contribution in [3.8, 4) is 16.5 Å². The minimum absolute atomic E-state index is 0.0401. The van der Waals surface area contributed by atoms with Crippen LogP contribution in [0.25, 0.3) is 21.6 Å². The van der Waals surface area contributed by atoms with Gasteiger partial charge in [0.1, 0.15) is 22.3 Å². The molecule has 0 spiro atoms. The Kier molecular flexibility index (Phi) is 6.85. The molecule has 6 rings (SSSR count). The highest BCUT2D eigenvalue weighted by molar-refractivity contribution is 7.19. The number of fused-ring (bicyclic) bond motifs is 1. The van der Waals surface area contributed by atoms with Crippen molar-refractivity contribution in [3.05, 3.63) is 36.3 Å². The number of rotatable bonds is 7. The van der Waals surface area contributed by atoms with Gasteiger partial charge in [0.2, 0.25) is 0 Å². The molecule has 2 fully saturated rings. The maximum absolute atomic E-state index is 10.0. The van der Waals surface area contributed by atoms with Crippen molar-refractivity contribution in [2.24, 2.45) is 5.92 Å². The lowest BCUT2D eigenvalue weighted by Crippen LogP contribution is -2.38. The first-order valence-electron chi connectivity index (χ1n) is 13.1. The second-order valence-electron chi connectivity index (χ2n) is 10.2. The Labute approximate surface area is 224 Å². The van der Waals surface area contributed by atoms with Crippen molar-refractivity contribution in [2.75, 3.05) is 36.0 Å². The zero-order valence-electron chi connectivity index (χ0n) is 21.7. The molecule has 2 unspecified atom stereocenters. The number of aliphatic hydroxyl groups excluding tert-OH is 1. The number of thiazole rings is 1. The molecule has 0 saturated carbocycles. The summed E-state index contributed by atoms with van der Waals surface area (Å²) in [5.41, 5.74) is 2.56. The van der Waals surface area contributed by atoms with E-state index in [1.807, 2.05) is 29.2 Å². The first-order valence-corrected chi connectivity index (χ1v) is 13.9. The van der Waals surface area contributed by atoms with Gasteiger partial charge >= 0.3 is 6.01 Å². The van der Waals surface area contributed by atoms with Crippen molar-refractivity contribution in [3.63, 3.8) is 0 Å². The van der Waals surface area contributed by atoms with E-state index < -0.39 is 6.35 Å². The lowest BCUT2D eigenvalue weighted by Gasteiger charge is -2.33. The van der Waals surface area contributed by atoms with Gasteiger partial charge in [0.05, 0.1) is 5.69 Å². The van der Waals surface area contributed by atoms with E-state index in [9.17, 15) is 5.11 Å². The van der Waals surface area contributed by atoms with Gasteiger partial charge in [-0.15, -0.1) is 0 Å². The fourth-order valence-corrected chi connectivity index (χ4v) is 5.78. The summed E-state index contributed by atoms with van der Waals surface area (Å²) in [7, 11) is 0. The molecule has 38 heavy (non-hydrogen) atoms. The van der Waals surface area contributed by atoms with Gasteiger partial charge < -0.3 is 24.2 Å². The van der Waals surface area contributed by atoms with Crippen LogP contribution >= 0.6 is 11.3 Å². The van der Waals surface area contributed by atoms with E-state index in [1.54, 1.807) is 6.20 Å². The molecule has 200 valence electrons. The Morgan fingerprint density at radius 3 is 2.61 bits per heavy atom. The van der Waals surface area contributed by atoms with Crippen LogP contribution in [0, 0.1) is 5.92 Å². The fourth-order valence-electron chi connectivity index (χ4n) is 4.91. The van der Waals surface area contributed by atoms with Gasteiger partial charge in [-0.25, -0.2) is 15.0 Å². The third-order valence-electron chi connectivity index (χ3n) is 7.26. The van der Waals surface area contributed by atoms with Crippen LogP contribution in [0.4, 0.5) is 11.8 Å². The van der Waals surface area contributed by atoms with E-state index in [0.717, 1.165) is 72.3 Å².